The van der Waals surface area contributed by atoms with Crippen LogP contribution >= 0.6 is 23.2 Å². The van der Waals surface area contributed by atoms with Gasteiger partial charge >= 0.3 is 12.3 Å². The van der Waals surface area contributed by atoms with Gasteiger partial charge in [0.25, 0.3) is 5.91 Å². The van der Waals surface area contributed by atoms with E-state index in [4.69, 9.17) is 27.9 Å². The lowest BCUT2D eigenvalue weighted by molar-refractivity contribution is -0.286. The van der Waals surface area contributed by atoms with E-state index in [9.17, 15) is 18.4 Å². The average molecular weight is 382 g/mol. The van der Waals surface area contributed by atoms with Gasteiger partial charge in [-0.05, 0) is 19.1 Å². The number of hydrogen-bond donors (Lipinski definition) is 1. The van der Waals surface area contributed by atoms with Crippen molar-refractivity contribution in [3.63, 3.8) is 0 Å². The Balaban J connectivity index is 1.54. The van der Waals surface area contributed by atoms with E-state index in [2.05, 4.69) is 14.8 Å². The van der Waals surface area contributed by atoms with E-state index in [0.29, 0.717) is 0 Å². The van der Waals surface area contributed by atoms with Crippen LogP contribution in [0.3, 0.4) is 0 Å². The van der Waals surface area contributed by atoms with Crippen LogP contribution in [-0.4, -0.2) is 29.1 Å². The van der Waals surface area contributed by atoms with Gasteiger partial charge in [0.1, 0.15) is 9.75 Å². The summed E-state index contributed by atoms with van der Waals surface area (Å²) < 4.78 is 38.0. The van der Waals surface area contributed by atoms with Crippen LogP contribution in [0.4, 0.5) is 14.5 Å². The van der Waals surface area contributed by atoms with E-state index >= 15 is 0 Å². The Kier molecular flexibility index (Phi) is 3.80. The maximum absolute atomic E-state index is 12.9. The summed E-state index contributed by atoms with van der Waals surface area (Å²) in [5.41, 5.74) is -0.862. The fraction of sp³-hybridized carbons (Fsp3) is 0.429. The lowest BCUT2D eigenvalue weighted by Crippen LogP contribution is -2.26. The summed E-state index contributed by atoms with van der Waals surface area (Å²) in [7, 11) is 0. The molecule has 10 heteroatoms. The molecule has 1 saturated carbocycles. The van der Waals surface area contributed by atoms with Gasteiger partial charge in [0.05, 0.1) is 0 Å². The van der Waals surface area contributed by atoms with Gasteiger partial charge in [-0.15, -0.1) is 32.0 Å². The summed E-state index contributed by atoms with van der Waals surface area (Å²) in [6.45, 7) is 0.966. The minimum atomic E-state index is -3.74. The molecule has 1 aromatic rings. The maximum Gasteiger partial charge on any atom is 0.586 e. The molecule has 6 nitrogen and oxygen atoms in total. The number of benzene rings is 1. The van der Waals surface area contributed by atoms with Crippen LogP contribution in [0.5, 0.6) is 11.5 Å². The Morgan fingerprint density at radius 1 is 1.29 bits per heavy atom. The van der Waals surface area contributed by atoms with Gasteiger partial charge in [-0.3, -0.25) is 9.59 Å². The molecule has 1 aliphatic carbocycles. The second kappa shape index (κ2) is 5.35. The molecule has 0 saturated heterocycles. The number of amides is 1. The molecule has 24 heavy (non-hydrogen) atoms. The van der Waals surface area contributed by atoms with Crippen molar-refractivity contribution in [2.45, 2.75) is 24.0 Å². The highest BCUT2D eigenvalue weighted by atomic mass is 35.5. The lowest BCUT2D eigenvalue weighted by atomic mass is 10.1. The topological polar surface area (TPSA) is 73.9 Å². The predicted octanol–water partition coefficient (Wildman–Crippen LogP) is 3.07. The number of nitrogens with one attached hydrogen (secondary N) is 1. The van der Waals surface area contributed by atoms with Crippen LogP contribution in [0.1, 0.15) is 13.3 Å². The Morgan fingerprint density at radius 2 is 1.92 bits per heavy atom. The molecule has 3 rings (SSSR count). The number of carbonyl (C=O) groups excluding carboxylic acids is 2. The van der Waals surface area contributed by atoms with Gasteiger partial charge < -0.3 is 19.5 Å². The zero-order chi connectivity index (χ0) is 17.8. The second-order valence-electron chi connectivity index (χ2n) is 5.67. The molecule has 130 valence electrons. The molecule has 0 radical (unpaired) electrons. The zero-order valence-corrected chi connectivity index (χ0v) is 13.7. The van der Waals surface area contributed by atoms with Crippen LogP contribution in [-0.2, 0) is 14.3 Å². The summed E-state index contributed by atoms with van der Waals surface area (Å²) in [5, 5.41) is 2.38. The third kappa shape index (κ3) is 3.08. The highest BCUT2D eigenvalue weighted by Crippen LogP contribution is 2.64. The molecule has 0 aromatic heterocycles. The Bertz CT molecular complexity index is 727. The highest BCUT2D eigenvalue weighted by Gasteiger charge is 2.69. The molecule has 1 atom stereocenters. The van der Waals surface area contributed by atoms with Crippen molar-refractivity contribution in [2.75, 3.05) is 11.9 Å². The lowest BCUT2D eigenvalue weighted by Gasteiger charge is -2.12. The number of rotatable bonds is 4. The van der Waals surface area contributed by atoms with E-state index in [1.807, 2.05) is 0 Å². The summed E-state index contributed by atoms with van der Waals surface area (Å²) in [5.74, 6) is -1.71. The normalized spacial score (nSPS) is 25.0. The molecule has 1 amide bonds. The second-order valence-corrected chi connectivity index (χ2v) is 7.15. The Morgan fingerprint density at radius 3 is 2.54 bits per heavy atom. The van der Waals surface area contributed by atoms with Crippen molar-refractivity contribution in [1.29, 1.82) is 0 Å². The summed E-state index contributed by atoms with van der Waals surface area (Å²) in [6.07, 6.45) is -3.50. The van der Waals surface area contributed by atoms with Crippen LogP contribution in [0.25, 0.3) is 0 Å². The van der Waals surface area contributed by atoms with Crippen molar-refractivity contribution in [1.82, 2.24) is 0 Å². The zero-order valence-electron chi connectivity index (χ0n) is 12.2. The number of anilines is 1. The Hall–Kier alpha value is -1.80. The van der Waals surface area contributed by atoms with Gasteiger partial charge in [0.15, 0.2) is 18.1 Å². The first-order valence-corrected chi connectivity index (χ1v) is 7.53. The fourth-order valence-corrected chi connectivity index (χ4v) is 2.82. The van der Waals surface area contributed by atoms with E-state index in [1.54, 1.807) is 0 Å². The molecule has 1 N–H and O–H groups in total. The summed E-state index contributed by atoms with van der Waals surface area (Å²) >= 11 is 11.7. The first kappa shape index (κ1) is 17.0. The molecule has 1 aromatic carbocycles. The first-order valence-electron chi connectivity index (χ1n) is 6.77. The van der Waals surface area contributed by atoms with Crippen molar-refractivity contribution >= 4 is 40.8 Å². The van der Waals surface area contributed by atoms with Crippen LogP contribution in [0.2, 0.25) is 0 Å². The van der Waals surface area contributed by atoms with Crippen LogP contribution < -0.4 is 14.8 Å². The number of carbonyl (C=O) groups is 2. The molecule has 0 spiro atoms. The molecule has 2 aliphatic rings. The highest BCUT2D eigenvalue weighted by molar-refractivity contribution is 6.53. The van der Waals surface area contributed by atoms with Crippen molar-refractivity contribution in [3.8, 4) is 11.5 Å². The third-order valence-corrected chi connectivity index (χ3v) is 4.83. The van der Waals surface area contributed by atoms with Crippen LogP contribution in [0, 0.1) is 5.41 Å². The van der Waals surface area contributed by atoms with E-state index < -0.39 is 34.5 Å². The van der Waals surface area contributed by atoms with Crippen LogP contribution in [0.15, 0.2) is 18.2 Å². The van der Waals surface area contributed by atoms with Gasteiger partial charge in [-0.2, -0.15) is 0 Å². The molecule has 1 fully saturated rings. The maximum atomic E-state index is 12.9. The fourth-order valence-electron chi connectivity index (χ4n) is 2.14. The largest absolute Gasteiger partial charge is 0.586 e. The molecular formula is C14H11Cl2F2NO5. The minimum absolute atomic E-state index is 0.147. The van der Waals surface area contributed by atoms with Crippen molar-refractivity contribution in [3.05, 3.63) is 18.2 Å². The monoisotopic (exact) mass is 381 g/mol. The van der Waals surface area contributed by atoms with Gasteiger partial charge in [-0.25, -0.2) is 0 Å². The Labute approximate surface area is 144 Å². The number of hydrogen-bond acceptors (Lipinski definition) is 5. The molecular weight excluding hydrogens is 371 g/mol. The number of esters is 1. The van der Waals surface area contributed by atoms with Crippen molar-refractivity contribution < 1.29 is 32.6 Å². The quantitative estimate of drug-likeness (QED) is 0.640. The SMILES string of the molecule is CC1(C(=O)OCC(=O)Nc2ccc3c(c2)OC(F)(F)O3)CC1(Cl)Cl. The van der Waals surface area contributed by atoms with Gasteiger partial charge in [0, 0.05) is 18.2 Å². The van der Waals surface area contributed by atoms with E-state index in [-0.39, 0.29) is 23.6 Å². The molecule has 1 unspecified atom stereocenters. The van der Waals surface area contributed by atoms with E-state index in [1.165, 1.54) is 25.1 Å². The molecule has 0 bridgehead atoms. The first-order chi connectivity index (χ1) is 11.0. The summed E-state index contributed by atoms with van der Waals surface area (Å²) in [6, 6.07) is 3.73. The third-order valence-electron chi connectivity index (χ3n) is 3.73. The smallest absolute Gasteiger partial charge is 0.455 e. The van der Waals surface area contributed by atoms with Gasteiger partial charge in [-0.1, -0.05) is 0 Å². The number of ether oxygens (including phenoxy) is 3. The molecule has 1 aliphatic heterocycles. The number of halogens is 4. The standard InChI is InChI=1S/C14H11Cl2F2NO5/c1-12(6-13(12,15)16)11(21)22-5-10(20)19-7-2-3-8-9(4-7)24-14(17,18)23-8/h2-4H,5-6H2,1H3,(H,19,20). The number of alkyl halides is 4. The number of fused-ring (bicyclic) bond motifs is 1. The van der Waals surface area contributed by atoms with Gasteiger partial charge in [0.2, 0.25) is 0 Å². The molecule has 1 heterocycles. The van der Waals surface area contributed by atoms with E-state index in [0.717, 1.165) is 0 Å². The predicted molar refractivity (Wildman–Crippen MR) is 79.4 cm³/mol. The average Bonchev–Trinajstić information content (AvgIpc) is 2.83. The summed E-state index contributed by atoms with van der Waals surface area (Å²) in [4.78, 5) is 23.6. The van der Waals surface area contributed by atoms with Crippen molar-refractivity contribution in [2.24, 2.45) is 5.41 Å². The minimum Gasteiger partial charge on any atom is -0.455 e.